The molecule has 6 aromatic heterocycles. The van der Waals surface area contributed by atoms with E-state index < -0.39 is 23.2 Å². The van der Waals surface area contributed by atoms with Crippen molar-refractivity contribution in [1.82, 2.24) is 25.6 Å². The second kappa shape index (κ2) is 22.2. The van der Waals surface area contributed by atoms with Gasteiger partial charge in [0.15, 0.2) is 0 Å². The molecule has 0 fully saturated rings. The predicted octanol–water partition coefficient (Wildman–Crippen LogP) is 13.2. The Kier molecular flexibility index (Phi) is 17.0. The number of amides is 3. The molecular weight excluding hydrogens is 990 g/mol. The van der Waals surface area contributed by atoms with Gasteiger partial charge in [0, 0.05) is 33.2 Å². The molecule has 3 amide bonds. The average Bonchev–Trinajstić information content (AvgIpc) is 4.05. The molecule has 3 aliphatic rings. The zero-order valence-electron chi connectivity index (χ0n) is 45.0. The van der Waals surface area contributed by atoms with Crippen LogP contribution in [0.25, 0.3) is 30.6 Å². The third-order valence-electron chi connectivity index (χ3n) is 15.3. The lowest BCUT2D eigenvalue weighted by molar-refractivity contribution is -0.120. The van der Waals surface area contributed by atoms with E-state index in [2.05, 4.69) is 97.2 Å². The second-order valence-electron chi connectivity index (χ2n) is 24.4. The molecule has 0 saturated carbocycles. The minimum absolute atomic E-state index is 0.0550. The number of rotatable bonds is 8. The number of nitrogens with zero attached hydrogens (tertiary/aromatic N) is 4. The first-order valence-corrected chi connectivity index (χ1v) is 28.7. The van der Waals surface area contributed by atoms with E-state index in [1.807, 2.05) is 45.9 Å². The van der Waals surface area contributed by atoms with E-state index in [0.717, 1.165) is 81.3 Å². The number of hydrogen-bond donors (Lipinski definition) is 3. The van der Waals surface area contributed by atoms with Gasteiger partial charge in [-0.2, -0.15) is 5.26 Å². The lowest BCUT2D eigenvalue weighted by atomic mass is 9.71. The number of carbonyl (C=O) groups is 4. The number of nitrogens with two attached hydrogens (primary N) is 1. The molecule has 0 spiro atoms. The summed E-state index contributed by atoms with van der Waals surface area (Å²) in [7, 11) is 0. The van der Waals surface area contributed by atoms with Crippen LogP contribution in [0.4, 0.5) is 0 Å². The highest BCUT2D eigenvalue weighted by Gasteiger charge is 2.33. The molecule has 15 heteroatoms. The molecule has 3 unspecified atom stereocenters. The molecular formula is C58H74ClN7O4S3. The van der Waals surface area contributed by atoms with Crippen molar-refractivity contribution in [2.45, 2.75) is 160 Å². The van der Waals surface area contributed by atoms with Gasteiger partial charge in [-0.1, -0.05) is 90.0 Å². The van der Waals surface area contributed by atoms with Crippen molar-refractivity contribution in [1.29, 1.82) is 5.26 Å². The van der Waals surface area contributed by atoms with Gasteiger partial charge in [-0.15, -0.1) is 34.0 Å². The number of thiophene rings is 3. The quantitative estimate of drug-likeness (QED) is 0.126. The minimum atomic E-state index is -0.670. The van der Waals surface area contributed by atoms with Crippen molar-refractivity contribution >= 4 is 99.2 Å². The molecule has 11 nitrogen and oxygen atoms in total. The zero-order chi connectivity index (χ0) is 53.5. The van der Waals surface area contributed by atoms with Crippen molar-refractivity contribution in [2.75, 3.05) is 0 Å². The molecule has 0 aromatic carbocycles. The normalized spacial score (nSPS) is 18.6. The van der Waals surface area contributed by atoms with Gasteiger partial charge in [-0.25, -0.2) is 15.0 Å². The Hall–Kier alpha value is -4.81. The van der Waals surface area contributed by atoms with E-state index in [1.54, 1.807) is 0 Å². The SMILES string of the molecule is CC(C)(C)C1CCc2nc3sc(C(=O)Cl)cc3cc2C1.CC(C)[C@@H](C#N)NC(=O)c1cc2cc3c(nc2s1)CCC(C(C)(C)C)C3.CC(C)[C@H](NC(=O)c1cc2cc3c(nc2s1)CCC(C(C)(C)C)C3)C(N)=O. The first-order chi connectivity index (χ1) is 34.1. The number of aromatic nitrogens is 3. The van der Waals surface area contributed by atoms with Gasteiger partial charge in [0.25, 0.3) is 17.1 Å². The number of carbonyl (C=O) groups excluding carboxylic acids is 4. The highest BCUT2D eigenvalue weighted by atomic mass is 35.5. The number of nitriles is 1. The Morgan fingerprint density at radius 3 is 1.23 bits per heavy atom. The van der Waals surface area contributed by atoms with E-state index in [4.69, 9.17) is 32.3 Å². The number of aryl methyl sites for hydroxylation is 3. The highest BCUT2D eigenvalue weighted by molar-refractivity contribution is 7.22. The molecule has 390 valence electrons. The summed E-state index contributed by atoms with van der Waals surface area (Å²) in [6.45, 7) is 28.3. The first kappa shape index (κ1) is 55.9. The van der Waals surface area contributed by atoms with Gasteiger partial charge in [0.2, 0.25) is 5.91 Å². The minimum Gasteiger partial charge on any atom is -0.368 e. The topological polar surface area (TPSA) is 181 Å². The standard InChI is InChI=1S/C21H29N3O2S.C21H27N3OS.C16H18ClNOS/c1-11(2)17(18(22)25)24-19(26)16-10-13-8-12-9-14(21(3,4)5)6-7-15(12)23-20(13)27-16;1-12(2)17(11-22)23-19(25)18-10-14-8-13-9-15(21(3,4)5)6-7-16(13)24-20(14)26-18;1-16(2,3)11-4-5-12-9(7-11)6-10-8-13(14(17)19)20-15(10)18-12/h8,10-11,14,17H,6-7,9H2,1-5H3,(H2,22,25)(H,24,26);8,10,12,15,17H,6-7,9H2,1-5H3,(H,23,25);6,8,11H,4-5,7H2,1-3H3/t14?,17-;15?,17-;/m01./s1. The number of hydrogen-bond acceptors (Lipinski definition) is 11. The summed E-state index contributed by atoms with van der Waals surface area (Å²) in [6.07, 6.45) is 9.74. The lowest BCUT2D eigenvalue weighted by Gasteiger charge is -2.34. The molecule has 0 aliphatic heterocycles. The molecule has 73 heavy (non-hydrogen) atoms. The van der Waals surface area contributed by atoms with Gasteiger partial charge >= 0.3 is 0 Å². The summed E-state index contributed by atoms with van der Waals surface area (Å²) in [4.78, 5) is 66.9. The Balaban J connectivity index is 0.000000162. The van der Waals surface area contributed by atoms with Crippen LogP contribution >= 0.6 is 45.6 Å². The number of nitrogens with one attached hydrogen (secondary N) is 2. The van der Waals surface area contributed by atoms with Crippen LogP contribution < -0.4 is 16.4 Å². The maximum atomic E-state index is 12.6. The predicted molar refractivity (Wildman–Crippen MR) is 301 cm³/mol. The van der Waals surface area contributed by atoms with Gasteiger partial charge < -0.3 is 16.4 Å². The largest absolute Gasteiger partial charge is 0.368 e. The average molecular weight is 1060 g/mol. The number of halogens is 1. The van der Waals surface area contributed by atoms with Gasteiger partial charge in [-0.3, -0.25) is 19.2 Å². The summed E-state index contributed by atoms with van der Waals surface area (Å²) in [5, 5.41) is 17.5. The van der Waals surface area contributed by atoms with Crippen molar-refractivity contribution in [3.8, 4) is 6.07 Å². The van der Waals surface area contributed by atoms with Crippen LogP contribution in [-0.4, -0.2) is 50.0 Å². The van der Waals surface area contributed by atoms with Crippen molar-refractivity contribution < 1.29 is 19.2 Å². The summed E-state index contributed by atoms with van der Waals surface area (Å²) in [5.41, 5.74) is 13.8. The number of fused-ring (bicyclic) bond motifs is 6. The van der Waals surface area contributed by atoms with Crippen molar-refractivity contribution in [3.05, 3.63) is 84.8 Å². The molecule has 6 aromatic rings. The fourth-order valence-corrected chi connectivity index (χ4v) is 13.2. The molecule has 4 N–H and O–H groups in total. The third-order valence-corrected chi connectivity index (χ3v) is 18.7. The summed E-state index contributed by atoms with van der Waals surface area (Å²) in [5.74, 6) is 1.08. The molecule has 0 saturated heterocycles. The van der Waals surface area contributed by atoms with E-state index >= 15 is 0 Å². The monoisotopic (exact) mass is 1060 g/mol. The Bertz CT molecular complexity index is 3090. The molecule has 3 aliphatic carbocycles. The second-order valence-corrected chi connectivity index (χ2v) is 27.8. The number of primary amides is 1. The fraction of sp³-hybridized carbons (Fsp3) is 0.552. The lowest BCUT2D eigenvalue weighted by Crippen LogP contribution is -2.47. The molecule has 0 radical (unpaired) electrons. The van der Waals surface area contributed by atoms with E-state index in [-0.39, 0.29) is 29.1 Å². The van der Waals surface area contributed by atoms with Gasteiger partial charge in [0.1, 0.15) is 26.6 Å². The van der Waals surface area contributed by atoms with E-state index in [1.165, 1.54) is 74.9 Å². The van der Waals surface area contributed by atoms with Gasteiger partial charge in [-0.05, 0) is 168 Å². The van der Waals surface area contributed by atoms with Crippen LogP contribution in [0.15, 0.2) is 36.4 Å². The van der Waals surface area contributed by atoms with Crippen molar-refractivity contribution in [3.63, 3.8) is 0 Å². The smallest absolute Gasteiger partial charge is 0.262 e. The van der Waals surface area contributed by atoms with Crippen LogP contribution in [-0.2, 0) is 43.3 Å². The van der Waals surface area contributed by atoms with Crippen molar-refractivity contribution in [2.24, 2.45) is 51.6 Å². The van der Waals surface area contributed by atoms with E-state index in [9.17, 15) is 24.4 Å². The van der Waals surface area contributed by atoms with Crippen LogP contribution in [0.3, 0.4) is 0 Å². The fourth-order valence-electron chi connectivity index (χ4n) is 10.2. The van der Waals surface area contributed by atoms with Crippen LogP contribution in [0.2, 0.25) is 0 Å². The summed E-state index contributed by atoms with van der Waals surface area (Å²) < 4.78 is 0. The van der Waals surface area contributed by atoms with Crippen LogP contribution in [0.1, 0.15) is 172 Å². The molecule has 5 atom stereocenters. The van der Waals surface area contributed by atoms with Gasteiger partial charge in [0.05, 0.1) is 20.7 Å². The first-order valence-electron chi connectivity index (χ1n) is 25.9. The van der Waals surface area contributed by atoms with E-state index in [0.29, 0.717) is 43.2 Å². The Morgan fingerprint density at radius 1 is 0.589 bits per heavy atom. The zero-order valence-corrected chi connectivity index (χ0v) is 48.2. The highest BCUT2D eigenvalue weighted by Crippen LogP contribution is 2.41. The summed E-state index contributed by atoms with van der Waals surface area (Å²) >= 11 is 9.74. The van der Waals surface area contributed by atoms with Crippen LogP contribution in [0, 0.1) is 57.2 Å². The maximum absolute atomic E-state index is 12.6. The molecule has 6 heterocycles. The van der Waals surface area contributed by atoms with Crippen LogP contribution in [0.5, 0.6) is 0 Å². The number of pyridine rings is 3. The third kappa shape index (κ3) is 13.4. The molecule has 0 bridgehead atoms. The Morgan fingerprint density at radius 2 is 0.932 bits per heavy atom. The Labute approximate surface area is 448 Å². The summed E-state index contributed by atoms with van der Waals surface area (Å²) in [6, 6.07) is 13.3. The maximum Gasteiger partial charge on any atom is 0.262 e. The molecule has 9 rings (SSSR count).